The van der Waals surface area contributed by atoms with E-state index < -0.39 is 46.7 Å². The molecule has 0 bridgehead atoms. The second-order valence-electron chi connectivity index (χ2n) is 4.79. The largest absolute Gasteiger partial charge is 0.420 e. The van der Waals surface area contributed by atoms with E-state index in [4.69, 9.17) is 0 Å². The number of hydrogen-bond donors (Lipinski definition) is 0. The van der Waals surface area contributed by atoms with Crippen LogP contribution in [0.15, 0.2) is 0 Å². The molecule has 1 aromatic carbocycles. The maximum absolute atomic E-state index is 13.4. The summed E-state index contributed by atoms with van der Waals surface area (Å²) in [7, 11) is 0. The first-order valence-corrected chi connectivity index (χ1v) is 6.22. The van der Waals surface area contributed by atoms with Gasteiger partial charge in [0.15, 0.2) is 0 Å². The number of ether oxygens (including phenoxy) is 1. The number of carbonyl (C=O) groups is 1. The summed E-state index contributed by atoms with van der Waals surface area (Å²) in [6.07, 6.45) is 3.12. The van der Waals surface area contributed by atoms with E-state index in [-0.39, 0.29) is 5.92 Å². The van der Waals surface area contributed by atoms with Crippen molar-refractivity contribution in [3.63, 3.8) is 0 Å². The fraction of sp³-hybridized carbons (Fsp3) is 0.357. The summed E-state index contributed by atoms with van der Waals surface area (Å²) in [6, 6.07) is 0. The minimum Gasteiger partial charge on any atom is -0.420 e. The van der Waals surface area contributed by atoms with Gasteiger partial charge in [-0.15, -0.1) is 0 Å². The Bertz CT molecular complexity index is 544. The molecule has 1 fully saturated rings. The highest BCUT2D eigenvalue weighted by Crippen LogP contribution is 2.35. The van der Waals surface area contributed by atoms with E-state index in [0.717, 1.165) is 0 Å². The molecular formula is C14H11F5O2. The average Bonchev–Trinajstić information content (AvgIpc) is 2.96. The molecular weight excluding hydrogens is 295 g/mol. The van der Waals surface area contributed by atoms with Crippen molar-refractivity contribution < 1.29 is 31.5 Å². The quantitative estimate of drug-likeness (QED) is 0.279. The van der Waals surface area contributed by atoms with Crippen LogP contribution in [0.25, 0.3) is 0 Å². The molecule has 7 heteroatoms. The molecule has 1 aromatic rings. The normalized spacial score (nSPS) is 21.6. The highest BCUT2D eigenvalue weighted by molar-refractivity contribution is 5.77. The molecule has 0 aliphatic heterocycles. The number of carbonyl (C=O) groups excluding carboxylic acids is 1. The van der Waals surface area contributed by atoms with Crippen molar-refractivity contribution in [2.24, 2.45) is 11.8 Å². The fourth-order valence-electron chi connectivity index (χ4n) is 2.19. The van der Waals surface area contributed by atoms with Gasteiger partial charge in [0.05, 0.1) is 5.92 Å². The number of hydrogen-bond acceptors (Lipinski definition) is 2. The molecule has 0 N–H and O–H groups in total. The zero-order chi connectivity index (χ0) is 15.7. The Morgan fingerprint density at radius 3 is 2.10 bits per heavy atom. The molecule has 0 heterocycles. The predicted molar refractivity (Wildman–Crippen MR) is 62.4 cm³/mol. The average molecular weight is 306 g/mol. The van der Waals surface area contributed by atoms with Gasteiger partial charge in [0, 0.05) is 0 Å². The highest BCUT2D eigenvalue weighted by atomic mass is 19.2. The Hall–Kier alpha value is -1.66. The van der Waals surface area contributed by atoms with Crippen LogP contribution in [0, 0.1) is 54.3 Å². The van der Waals surface area contributed by atoms with Crippen LogP contribution in [0.2, 0.25) is 0 Å². The Kier molecular flexibility index (Phi) is 4.49. The molecule has 0 spiro atoms. The van der Waals surface area contributed by atoms with E-state index in [1.807, 2.05) is 0 Å². The van der Waals surface area contributed by atoms with Crippen molar-refractivity contribution in [2.45, 2.75) is 19.3 Å². The maximum atomic E-state index is 13.4. The van der Waals surface area contributed by atoms with Gasteiger partial charge in [0.1, 0.15) is 0 Å². The number of rotatable bonds is 3. The summed E-state index contributed by atoms with van der Waals surface area (Å²) in [6.45, 7) is 3.67. The molecule has 0 saturated heterocycles. The Morgan fingerprint density at radius 1 is 1.10 bits per heavy atom. The molecule has 0 amide bonds. The predicted octanol–water partition coefficient (Wildman–Crippen LogP) is 3.74. The molecule has 1 saturated carbocycles. The summed E-state index contributed by atoms with van der Waals surface area (Å²) < 4.78 is 69.9. The zero-order valence-electron chi connectivity index (χ0n) is 10.8. The van der Waals surface area contributed by atoms with Gasteiger partial charge in [0.25, 0.3) is 0 Å². The van der Waals surface area contributed by atoms with Crippen LogP contribution in [0.5, 0.6) is 5.75 Å². The third-order valence-corrected chi connectivity index (χ3v) is 3.42. The van der Waals surface area contributed by atoms with Crippen LogP contribution in [0.1, 0.15) is 19.3 Å². The van der Waals surface area contributed by atoms with Crippen LogP contribution in [0.4, 0.5) is 22.0 Å². The van der Waals surface area contributed by atoms with E-state index in [1.54, 1.807) is 6.42 Å². The molecule has 1 aliphatic carbocycles. The lowest BCUT2D eigenvalue weighted by molar-refractivity contribution is -0.138. The number of benzene rings is 1. The van der Waals surface area contributed by atoms with Crippen molar-refractivity contribution in [2.75, 3.05) is 0 Å². The second-order valence-corrected chi connectivity index (χ2v) is 4.79. The van der Waals surface area contributed by atoms with E-state index in [0.29, 0.717) is 19.3 Å². The van der Waals surface area contributed by atoms with Crippen molar-refractivity contribution in [1.82, 2.24) is 0 Å². The van der Waals surface area contributed by atoms with Crippen molar-refractivity contribution >= 4 is 5.97 Å². The lowest BCUT2D eigenvalue weighted by Crippen LogP contribution is -2.21. The Labute approximate surface area is 117 Å². The van der Waals surface area contributed by atoms with Crippen molar-refractivity contribution in [1.29, 1.82) is 0 Å². The highest BCUT2D eigenvalue weighted by Gasteiger charge is 2.34. The van der Waals surface area contributed by atoms with Crippen LogP contribution >= 0.6 is 0 Å². The van der Waals surface area contributed by atoms with E-state index in [1.165, 1.54) is 0 Å². The molecule has 114 valence electrons. The molecule has 2 unspecified atom stereocenters. The monoisotopic (exact) mass is 306 g/mol. The van der Waals surface area contributed by atoms with Gasteiger partial charge in [-0.3, -0.25) is 4.79 Å². The van der Waals surface area contributed by atoms with Gasteiger partial charge in [-0.05, 0) is 25.2 Å². The summed E-state index contributed by atoms with van der Waals surface area (Å²) in [5.74, 6) is -14.1. The fourth-order valence-corrected chi connectivity index (χ4v) is 2.19. The van der Waals surface area contributed by atoms with Crippen LogP contribution in [0.3, 0.4) is 0 Å². The van der Waals surface area contributed by atoms with Crippen LogP contribution in [-0.4, -0.2) is 5.97 Å². The topological polar surface area (TPSA) is 26.3 Å². The summed E-state index contributed by atoms with van der Waals surface area (Å²) in [5.41, 5.74) is 0. The third-order valence-electron chi connectivity index (χ3n) is 3.42. The molecule has 2 rings (SSSR count). The first-order valence-electron chi connectivity index (χ1n) is 6.22. The zero-order valence-corrected chi connectivity index (χ0v) is 10.8. The SMILES string of the molecule is [CH2]CC1C[CH]C(C(=O)Oc2c(F)c(F)c(F)c(F)c2F)C1. The van der Waals surface area contributed by atoms with Crippen LogP contribution < -0.4 is 4.74 Å². The Morgan fingerprint density at radius 2 is 1.62 bits per heavy atom. The van der Waals surface area contributed by atoms with Crippen molar-refractivity contribution in [3.8, 4) is 5.75 Å². The second kappa shape index (κ2) is 5.99. The van der Waals surface area contributed by atoms with Crippen LogP contribution in [-0.2, 0) is 4.79 Å². The minimum absolute atomic E-state index is 0.138. The molecule has 2 nitrogen and oxygen atoms in total. The summed E-state index contributed by atoms with van der Waals surface area (Å²) in [4.78, 5) is 11.7. The maximum Gasteiger partial charge on any atom is 0.314 e. The van der Waals surface area contributed by atoms with Gasteiger partial charge in [-0.25, -0.2) is 13.2 Å². The van der Waals surface area contributed by atoms with Gasteiger partial charge < -0.3 is 4.74 Å². The first kappa shape index (κ1) is 15.7. The molecule has 21 heavy (non-hydrogen) atoms. The molecule has 1 aliphatic rings. The third kappa shape index (κ3) is 2.87. The standard InChI is InChI=1S/C14H11F5O2/c1-2-6-3-4-7(5-6)14(20)21-13-11(18)9(16)8(15)10(17)12(13)19/h4,6-7H,1-3,5H2. The van der Waals surface area contributed by atoms with E-state index in [2.05, 4.69) is 11.7 Å². The van der Waals surface area contributed by atoms with Gasteiger partial charge >= 0.3 is 5.97 Å². The van der Waals surface area contributed by atoms with Gasteiger partial charge in [-0.2, -0.15) is 8.78 Å². The lowest BCUT2D eigenvalue weighted by Gasteiger charge is -2.12. The first-order chi connectivity index (χ1) is 9.86. The summed E-state index contributed by atoms with van der Waals surface area (Å²) in [5, 5.41) is 0. The Balaban J connectivity index is 2.22. The molecule has 0 aromatic heterocycles. The smallest absolute Gasteiger partial charge is 0.314 e. The van der Waals surface area contributed by atoms with Crippen molar-refractivity contribution in [3.05, 3.63) is 42.4 Å². The lowest BCUT2D eigenvalue weighted by atomic mass is 10.0. The number of halogens is 5. The van der Waals surface area contributed by atoms with Gasteiger partial charge in [0.2, 0.25) is 34.8 Å². The molecule has 2 atom stereocenters. The minimum atomic E-state index is -2.30. The summed E-state index contributed by atoms with van der Waals surface area (Å²) >= 11 is 0. The van der Waals surface area contributed by atoms with E-state index >= 15 is 0 Å². The number of esters is 1. The van der Waals surface area contributed by atoms with E-state index in [9.17, 15) is 26.7 Å². The molecule has 2 radical (unpaired) electrons. The van der Waals surface area contributed by atoms with Gasteiger partial charge in [-0.1, -0.05) is 13.3 Å².